The Morgan fingerprint density at radius 1 is 1.03 bits per heavy atom. The van der Waals surface area contributed by atoms with Crippen molar-refractivity contribution in [1.82, 2.24) is 19.4 Å². The number of carbonyl (C=O) groups excluding carboxylic acids is 2. The first kappa shape index (κ1) is 21.4. The summed E-state index contributed by atoms with van der Waals surface area (Å²) in [5, 5.41) is 0.394. The van der Waals surface area contributed by atoms with Crippen LogP contribution in [-0.4, -0.2) is 78.4 Å². The molecular weight excluding hydrogens is 392 g/mol. The highest BCUT2D eigenvalue weighted by Gasteiger charge is 2.24. The largest absolute Gasteiger partial charge is 0.493 e. The van der Waals surface area contributed by atoms with Crippen LogP contribution < -0.4 is 15.0 Å². The second-order valence-corrected chi connectivity index (χ2v) is 6.78. The predicted molar refractivity (Wildman–Crippen MR) is 109 cm³/mol. The standard InChI is InChI=1S/C20H26N4O6/c1-4-30-20(27)23-9-7-22(8-10-23)18(25)5-6-24-13-21-15-12-17(29-3)16(28-2)11-14(15)19(24)26/h11-13H,4-10H2,1-3H3. The molecule has 1 aliphatic rings. The molecule has 30 heavy (non-hydrogen) atoms. The van der Waals surface area contributed by atoms with Crippen LogP contribution in [-0.2, 0) is 16.1 Å². The Morgan fingerprint density at radius 3 is 2.30 bits per heavy atom. The summed E-state index contributed by atoms with van der Waals surface area (Å²) in [5.74, 6) is 0.863. The van der Waals surface area contributed by atoms with Gasteiger partial charge >= 0.3 is 6.09 Å². The maximum absolute atomic E-state index is 12.8. The lowest BCUT2D eigenvalue weighted by atomic mass is 10.2. The molecule has 10 heteroatoms. The summed E-state index contributed by atoms with van der Waals surface area (Å²) in [7, 11) is 3.02. The average molecular weight is 418 g/mol. The monoisotopic (exact) mass is 418 g/mol. The third-order valence-corrected chi connectivity index (χ3v) is 5.05. The maximum atomic E-state index is 12.8. The molecule has 1 saturated heterocycles. The first-order valence-corrected chi connectivity index (χ1v) is 9.79. The average Bonchev–Trinajstić information content (AvgIpc) is 2.78. The van der Waals surface area contributed by atoms with Crippen LogP contribution in [0.4, 0.5) is 4.79 Å². The summed E-state index contributed by atoms with van der Waals surface area (Å²) in [5.41, 5.74) is 0.246. The van der Waals surface area contributed by atoms with Crippen LogP contribution in [0.1, 0.15) is 13.3 Å². The van der Waals surface area contributed by atoms with E-state index in [9.17, 15) is 14.4 Å². The van der Waals surface area contributed by atoms with E-state index in [1.54, 1.807) is 28.9 Å². The van der Waals surface area contributed by atoms with E-state index in [0.717, 1.165) is 0 Å². The smallest absolute Gasteiger partial charge is 0.409 e. The molecule has 0 N–H and O–H groups in total. The fourth-order valence-corrected chi connectivity index (χ4v) is 3.37. The summed E-state index contributed by atoms with van der Waals surface area (Å²) >= 11 is 0. The summed E-state index contributed by atoms with van der Waals surface area (Å²) in [6.07, 6.45) is 1.24. The number of hydrogen-bond acceptors (Lipinski definition) is 7. The van der Waals surface area contributed by atoms with Gasteiger partial charge in [0, 0.05) is 45.2 Å². The van der Waals surface area contributed by atoms with Gasteiger partial charge in [0.2, 0.25) is 5.91 Å². The van der Waals surface area contributed by atoms with Gasteiger partial charge in [-0.3, -0.25) is 14.2 Å². The molecule has 0 bridgehead atoms. The van der Waals surface area contributed by atoms with Gasteiger partial charge in [-0.15, -0.1) is 0 Å². The SMILES string of the molecule is CCOC(=O)N1CCN(C(=O)CCn2cnc3cc(OC)c(OC)cc3c2=O)CC1. The number of carbonyl (C=O) groups is 2. The van der Waals surface area contributed by atoms with E-state index < -0.39 is 0 Å². The van der Waals surface area contributed by atoms with Crippen molar-refractivity contribution in [2.24, 2.45) is 0 Å². The van der Waals surface area contributed by atoms with Gasteiger partial charge in [-0.05, 0) is 13.0 Å². The van der Waals surface area contributed by atoms with Crippen LogP contribution in [0.5, 0.6) is 11.5 Å². The van der Waals surface area contributed by atoms with Gasteiger partial charge in [0.1, 0.15) is 0 Å². The number of hydrogen-bond donors (Lipinski definition) is 0. The number of fused-ring (bicyclic) bond motifs is 1. The molecule has 2 aromatic rings. The van der Waals surface area contributed by atoms with Crippen molar-refractivity contribution in [3.05, 3.63) is 28.8 Å². The zero-order valence-electron chi connectivity index (χ0n) is 17.4. The normalized spacial score (nSPS) is 14.0. The van der Waals surface area contributed by atoms with E-state index in [1.807, 2.05) is 0 Å². The van der Waals surface area contributed by atoms with E-state index in [0.29, 0.717) is 55.2 Å². The summed E-state index contributed by atoms with van der Waals surface area (Å²) in [4.78, 5) is 44.7. The van der Waals surface area contributed by atoms with Crippen molar-refractivity contribution in [2.45, 2.75) is 19.9 Å². The quantitative estimate of drug-likeness (QED) is 0.692. The molecule has 1 aromatic carbocycles. The van der Waals surface area contributed by atoms with E-state index >= 15 is 0 Å². The third-order valence-electron chi connectivity index (χ3n) is 5.05. The number of piperazine rings is 1. The van der Waals surface area contributed by atoms with Crippen molar-refractivity contribution in [3.63, 3.8) is 0 Å². The molecule has 0 spiro atoms. The van der Waals surface area contributed by atoms with E-state index in [-0.39, 0.29) is 30.5 Å². The zero-order chi connectivity index (χ0) is 21.7. The molecule has 2 amide bonds. The van der Waals surface area contributed by atoms with Crippen molar-refractivity contribution >= 4 is 22.9 Å². The van der Waals surface area contributed by atoms with Gasteiger partial charge in [0.05, 0.1) is 38.1 Å². The minimum Gasteiger partial charge on any atom is -0.493 e. The van der Waals surface area contributed by atoms with Crippen LogP contribution >= 0.6 is 0 Å². The summed E-state index contributed by atoms with van der Waals surface area (Å²) in [6.45, 7) is 4.05. The molecule has 0 radical (unpaired) electrons. The number of benzene rings is 1. The number of nitrogens with zero attached hydrogens (tertiary/aromatic N) is 4. The molecule has 162 valence electrons. The molecule has 1 fully saturated rings. The number of methoxy groups -OCH3 is 2. The highest BCUT2D eigenvalue weighted by atomic mass is 16.6. The number of amides is 2. The predicted octanol–water partition coefficient (Wildman–Crippen LogP) is 1.10. The van der Waals surface area contributed by atoms with Crippen molar-refractivity contribution in [3.8, 4) is 11.5 Å². The highest BCUT2D eigenvalue weighted by molar-refractivity contribution is 5.82. The van der Waals surface area contributed by atoms with Crippen molar-refractivity contribution in [1.29, 1.82) is 0 Å². The zero-order valence-corrected chi connectivity index (χ0v) is 17.4. The Labute approximate surface area is 173 Å². The Kier molecular flexibility index (Phi) is 6.76. The van der Waals surface area contributed by atoms with E-state index in [4.69, 9.17) is 14.2 Å². The van der Waals surface area contributed by atoms with Gasteiger partial charge in [0.25, 0.3) is 5.56 Å². The first-order valence-electron chi connectivity index (χ1n) is 9.79. The topological polar surface area (TPSA) is 103 Å². The first-order chi connectivity index (χ1) is 14.5. The lowest BCUT2D eigenvalue weighted by Gasteiger charge is -2.34. The van der Waals surface area contributed by atoms with E-state index in [1.165, 1.54) is 25.1 Å². The minimum atomic E-state index is -0.356. The number of ether oxygens (including phenoxy) is 3. The highest BCUT2D eigenvalue weighted by Crippen LogP contribution is 2.29. The fraction of sp³-hybridized carbons (Fsp3) is 0.500. The Bertz CT molecular complexity index is 981. The van der Waals surface area contributed by atoms with Gasteiger partial charge in [-0.1, -0.05) is 0 Å². The number of rotatable bonds is 6. The lowest BCUT2D eigenvalue weighted by molar-refractivity contribution is -0.133. The fourth-order valence-electron chi connectivity index (χ4n) is 3.37. The molecule has 0 aliphatic carbocycles. The van der Waals surface area contributed by atoms with Gasteiger partial charge in [-0.2, -0.15) is 0 Å². The number of aromatic nitrogens is 2. The Morgan fingerprint density at radius 2 is 1.67 bits per heavy atom. The molecule has 1 aromatic heterocycles. The van der Waals surface area contributed by atoms with Crippen molar-refractivity contribution < 1.29 is 23.8 Å². The van der Waals surface area contributed by atoms with Crippen LogP contribution in [0.2, 0.25) is 0 Å². The second kappa shape index (κ2) is 9.47. The third kappa shape index (κ3) is 4.47. The second-order valence-electron chi connectivity index (χ2n) is 6.78. The van der Waals surface area contributed by atoms with Crippen LogP contribution in [0, 0.1) is 0 Å². The molecule has 1 aliphatic heterocycles. The van der Waals surface area contributed by atoms with Crippen LogP contribution in [0.3, 0.4) is 0 Å². The summed E-state index contributed by atoms with van der Waals surface area (Å²) < 4.78 is 16.9. The minimum absolute atomic E-state index is 0.0715. The molecule has 0 atom stereocenters. The van der Waals surface area contributed by atoms with Crippen LogP contribution in [0.25, 0.3) is 10.9 Å². The molecule has 2 heterocycles. The van der Waals surface area contributed by atoms with E-state index in [2.05, 4.69) is 4.98 Å². The molecule has 0 saturated carbocycles. The van der Waals surface area contributed by atoms with Gasteiger partial charge in [0.15, 0.2) is 11.5 Å². The number of aryl methyl sites for hydroxylation is 1. The van der Waals surface area contributed by atoms with Crippen LogP contribution in [0.15, 0.2) is 23.3 Å². The van der Waals surface area contributed by atoms with Gasteiger partial charge < -0.3 is 24.0 Å². The molecule has 10 nitrogen and oxygen atoms in total. The molecule has 3 rings (SSSR count). The Hall–Kier alpha value is -3.30. The Balaban J connectivity index is 1.64. The molecule has 0 unspecified atom stereocenters. The lowest BCUT2D eigenvalue weighted by Crippen LogP contribution is -2.50. The summed E-state index contributed by atoms with van der Waals surface area (Å²) in [6, 6.07) is 3.24. The molecular formula is C20H26N4O6. The van der Waals surface area contributed by atoms with Gasteiger partial charge in [-0.25, -0.2) is 9.78 Å². The van der Waals surface area contributed by atoms with Crippen molar-refractivity contribution in [2.75, 3.05) is 47.0 Å². The maximum Gasteiger partial charge on any atom is 0.409 e.